The van der Waals surface area contributed by atoms with Crippen LogP contribution in [0.3, 0.4) is 0 Å². The van der Waals surface area contributed by atoms with Crippen LogP contribution < -0.4 is 0 Å². The van der Waals surface area contributed by atoms with E-state index in [0.29, 0.717) is 6.42 Å². The summed E-state index contributed by atoms with van der Waals surface area (Å²) in [5.74, 6) is -0.847. The molecule has 0 bridgehead atoms. The van der Waals surface area contributed by atoms with E-state index < -0.39 is 23.9 Å². The minimum atomic E-state index is -0.828. The molecule has 3 unspecified atom stereocenters. The van der Waals surface area contributed by atoms with Gasteiger partial charge in [-0.2, -0.15) is 0 Å². The van der Waals surface area contributed by atoms with Crippen LogP contribution in [-0.4, -0.2) is 79.5 Å². The van der Waals surface area contributed by atoms with Gasteiger partial charge >= 0.3 is 0 Å². The second-order valence-electron chi connectivity index (χ2n) is 9.64. The molecule has 1 N–H and O–H groups in total. The number of carbonyl (C=O) groups is 2. The number of carbonyl (C=O) groups excluding carboxylic acids is 2. The summed E-state index contributed by atoms with van der Waals surface area (Å²) in [6.07, 6.45) is 0.180. The highest BCUT2D eigenvalue weighted by Gasteiger charge is 2.46. The van der Waals surface area contributed by atoms with Crippen LogP contribution in [0.5, 0.6) is 0 Å². The molecule has 0 amide bonds. The van der Waals surface area contributed by atoms with Gasteiger partial charge in [0.1, 0.15) is 11.6 Å². The highest BCUT2D eigenvalue weighted by atomic mass is 16.7. The van der Waals surface area contributed by atoms with E-state index in [1.807, 2.05) is 20.8 Å². The minimum absolute atomic E-state index is 0.0114. The van der Waals surface area contributed by atoms with Gasteiger partial charge in [0, 0.05) is 31.6 Å². The highest BCUT2D eigenvalue weighted by Crippen LogP contribution is 2.36. The van der Waals surface area contributed by atoms with E-state index in [2.05, 4.69) is 25.9 Å². The fraction of sp³-hybridized carbons (Fsp3) is 0.913. The molecule has 1 aliphatic rings. The summed E-state index contributed by atoms with van der Waals surface area (Å²) in [5.41, 5.74) is -0.828. The Kier molecular flexibility index (Phi) is 10.6. The van der Waals surface area contributed by atoms with Crippen LogP contribution in [0.25, 0.3) is 0 Å². The van der Waals surface area contributed by atoms with Crippen molar-refractivity contribution in [2.45, 2.75) is 90.9 Å². The number of aliphatic hydroxyl groups excluding tert-OH is 1. The molecule has 7 heteroatoms. The molecule has 0 aromatic rings. The Morgan fingerprint density at radius 2 is 1.87 bits per heavy atom. The molecular weight excluding hydrogens is 386 g/mol. The van der Waals surface area contributed by atoms with Gasteiger partial charge in [-0.1, -0.05) is 20.8 Å². The van der Waals surface area contributed by atoms with Crippen molar-refractivity contribution in [3.8, 4) is 0 Å². The first-order valence-electron chi connectivity index (χ1n) is 11.0. The quantitative estimate of drug-likeness (QED) is 0.477. The van der Waals surface area contributed by atoms with Gasteiger partial charge in [-0.15, -0.1) is 0 Å². The maximum atomic E-state index is 12.8. The number of Topliss-reactive ketones (excluding diaryl/α,β-unsaturated/α-hetero) is 2. The smallest absolute Gasteiger partial charge is 0.162 e. The van der Waals surface area contributed by atoms with Gasteiger partial charge in [0.2, 0.25) is 0 Å². The standard InChI is InChI=1S/C23H43NO6/c1-14(13-25)12-23(6,28-9)21(18(5)20(27)10-15(2)26)30-22-17(4)19(24(7)8)11-16(3)29-22/h14,16-19,21-22,25H,10-13H2,1-9H3/t14-,16?,17?,18+,19?,21-,22+,23-/m1/s1. The van der Waals surface area contributed by atoms with Crippen LogP contribution in [0.2, 0.25) is 0 Å². The van der Waals surface area contributed by atoms with Crippen molar-refractivity contribution in [2.24, 2.45) is 17.8 Å². The third-order valence-corrected chi connectivity index (χ3v) is 6.44. The van der Waals surface area contributed by atoms with Gasteiger partial charge in [0.25, 0.3) is 0 Å². The Bertz CT molecular complexity index is 568. The third kappa shape index (κ3) is 7.09. The van der Waals surface area contributed by atoms with E-state index in [1.165, 1.54) is 6.92 Å². The Labute approximate surface area is 182 Å². The molecule has 1 saturated heterocycles. The molecule has 0 aromatic carbocycles. The molecule has 1 heterocycles. The van der Waals surface area contributed by atoms with E-state index in [0.717, 1.165) is 6.42 Å². The molecule has 0 aliphatic carbocycles. The molecule has 1 fully saturated rings. The van der Waals surface area contributed by atoms with E-state index in [9.17, 15) is 14.7 Å². The summed E-state index contributed by atoms with van der Waals surface area (Å²) < 4.78 is 18.6. The zero-order valence-corrected chi connectivity index (χ0v) is 20.3. The maximum Gasteiger partial charge on any atom is 0.162 e. The topological polar surface area (TPSA) is 85.3 Å². The molecule has 0 spiro atoms. The first kappa shape index (κ1) is 27.2. The van der Waals surface area contributed by atoms with Gasteiger partial charge in [-0.05, 0) is 53.6 Å². The summed E-state index contributed by atoms with van der Waals surface area (Å²) in [7, 11) is 5.70. The number of nitrogens with zero attached hydrogens (tertiary/aromatic N) is 1. The van der Waals surface area contributed by atoms with Gasteiger partial charge in [-0.3, -0.25) is 9.59 Å². The zero-order valence-electron chi connectivity index (χ0n) is 20.3. The van der Waals surface area contributed by atoms with Crippen molar-refractivity contribution >= 4 is 11.6 Å². The summed E-state index contributed by atoms with van der Waals surface area (Å²) in [4.78, 5) is 26.6. The van der Waals surface area contributed by atoms with Crippen molar-refractivity contribution in [2.75, 3.05) is 27.8 Å². The predicted molar refractivity (Wildman–Crippen MR) is 116 cm³/mol. The fourth-order valence-corrected chi connectivity index (χ4v) is 4.56. The van der Waals surface area contributed by atoms with Crippen molar-refractivity contribution < 1.29 is 28.9 Å². The molecule has 30 heavy (non-hydrogen) atoms. The molecule has 7 nitrogen and oxygen atoms in total. The first-order valence-corrected chi connectivity index (χ1v) is 11.0. The van der Waals surface area contributed by atoms with Crippen LogP contribution in [0.4, 0.5) is 0 Å². The average Bonchev–Trinajstić information content (AvgIpc) is 2.66. The van der Waals surface area contributed by atoms with Gasteiger partial charge in [0.05, 0.1) is 24.2 Å². The molecule has 0 saturated carbocycles. The second-order valence-corrected chi connectivity index (χ2v) is 9.64. The zero-order chi connectivity index (χ0) is 23.2. The lowest BCUT2D eigenvalue weighted by Gasteiger charge is -2.47. The SMILES string of the molecule is CO[C@](C)(C[C@@H](C)CO)[C@H](O[C@@H]1OC(C)CC(N(C)C)C1C)[C@@H](C)C(=O)CC(C)=O. The summed E-state index contributed by atoms with van der Waals surface area (Å²) >= 11 is 0. The van der Waals surface area contributed by atoms with Crippen LogP contribution in [0, 0.1) is 17.8 Å². The normalized spacial score (nSPS) is 29.8. The average molecular weight is 430 g/mol. The second kappa shape index (κ2) is 11.7. The van der Waals surface area contributed by atoms with Crippen molar-refractivity contribution in [3.63, 3.8) is 0 Å². The number of ketones is 2. The molecule has 0 aromatic heterocycles. The summed E-state index contributed by atoms with van der Waals surface area (Å²) in [6.45, 7) is 11.2. The number of ether oxygens (including phenoxy) is 3. The molecule has 1 aliphatic heterocycles. The number of aliphatic hydroxyl groups is 1. The van der Waals surface area contributed by atoms with Gasteiger partial charge in [-0.25, -0.2) is 0 Å². The lowest BCUT2D eigenvalue weighted by molar-refractivity contribution is -0.280. The Hall–Kier alpha value is -0.860. The fourth-order valence-electron chi connectivity index (χ4n) is 4.56. The Morgan fingerprint density at radius 3 is 2.33 bits per heavy atom. The van der Waals surface area contributed by atoms with E-state index in [1.54, 1.807) is 14.0 Å². The van der Waals surface area contributed by atoms with Crippen molar-refractivity contribution in [1.29, 1.82) is 0 Å². The maximum absolute atomic E-state index is 12.8. The van der Waals surface area contributed by atoms with E-state index in [4.69, 9.17) is 14.2 Å². The lowest BCUT2D eigenvalue weighted by atomic mass is 9.80. The van der Waals surface area contributed by atoms with Crippen LogP contribution >= 0.6 is 0 Å². The first-order chi connectivity index (χ1) is 13.9. The number of methoxy groups -OCH3 is 1. The van der Waals surface area contributed by atoms with Crippen LogP contribution in [-0.2, 0) is 23.8 Å². The highest BCUT2D eigenvalue weighted by molar-refractivity contribution is 5.99. The predicted octanol–water partition coefficient (Wildman–Crippen LogP) is 2.68. The summed E-state index contributed by atoms with van der Waals surface area (Å²) in [6, 6.07) is 0.285. The van der Waals surface area contributed by atoms with Crippen molar-refractivity contribution in [3.05, 3.63) is 0 Å². The van der Waals surface area contributed by atoms with Gasteiger partial charge < -0.3 is 24.2 Å². The van der Waals surface area contributed by atoms with Crippen LogP contribution in [0.15, 0.2) is 0 Å². The molecular formula is C23H43NO6. The Balaban J connectivity index is 3.24. The number of hydrogen-bond donors (Lipinski definition) is 1. The largest absolute Gasteiger partial charge is 0.396 e. The lowest BCUT2D eigenvalue weighted by Crippen LogP contribution is -2.56. The third-order valence-electron chi connectivity index (χ3n) is 6.44. The number of rotatable bonds is 12. The Morgan fingerprint density at radius 1 is 1.27 bits per heavy atom. The minimum Gasteiger partial charge on any atom is -0.396 e. The van der Waals surface area contributed by atoms with Gasteiger partial charge in [0.15, 0.2) is 6.29 Å². The monoisotopic (exact) mass is 429 g/mol. The van der Waals surface area contributed by atoms with E-state index in [-0.39, 0.29) is 48.6 Å². The molecule has 8 atom stereocenters. The molecule has 176 valence electrons. The van der Waals surface area contributed by atoms with E-state index >= 15 is 0 Å². The summed E-state index contributed by atoms with van der Waals surface area (Å²) in [5, 5.41) is 9.60. The molecule has 1 rings (SSSR count). The molecule has 0 radical (unpaired) electrons. The number of hydrogen-bond acceptors (Lipinski definition) is 7. The van der Waals surface area contributed by atoms with Crippen molar-refractivity contribution in [1.82, 2.24) is 4.90 Å². The van der Waals surface area contributed by atoms with Crippen LogP contribution in [0.1, 0.15) is 60.8 Å².